The van der Waals surface area contributed by atoms with Crippen LogP contribution in [0.25, 0.3) is 0 Å². The van der Waals surface area contributed by atoms with Gasteiger partial charge in [-0.1, -0.05) is 91.0 Å². The van der Waals surface area contributed by atoms with Crippen LogP contribution in [-0.4, -0.2) is 47.2 Å². The molecule has 3 aromatic carbocycles. The highest BCUT2D eigenvalue weighted by Gasteiger charge is 2.41. The molecule has 0 bridgehead atoms. The van der Waals surface area contributed by atoms with Gasteiger partial charge in [-0.05, 0) is 36.1 Å². The molecular weight excluding hydrogens is 426 g/mol. The Labute approximate surface area is 201 Å². The predicted molar refractivity (Wildman–Crippen MR) is 132 cm³/mol. The van der Waals surface area contributed by atoms with E-state index < -0.39 is 12.2 Å². The topological polar surface area (TPSA) is 59.0 Å². The van der Waals surface area contributed by atoms with Crippen molar-refractivity contribution in [2.24, 2.45) is 0 Å². The molecule has 1 heterocycles. The SMILES string of the molecule is O=C[C@H](OCc1ccccc1)[C@H](O)[C@@H]1[C@@H](OCc2ccccc2)CCCN1Cc1ccccc1. The third kappa shape index (κ3) is 6.61. The lowest BCUT2D eigenvalue weighted by Crippen LogP contribution is -2.58. The summed E-state index contributed by atoms with van der Waals surface area (Å²) in [5.41, 5.74) is 3.21. The fourth-order valence-corrected chi connectivity index (χ4v) is 4.63. The van der Waals surface area contributed by atoms with Crippen molar-refractivity contribution in [1.82, 2.24) is 4.90 Å². The molecule has 1 fully saturated rings. The van der Waals surface area contributed by atoms with Crippen molar-refractivity contribution in [3.63, 3.8) is 0 Å². The molecule has 0 spiro atoms. The first-order valence-electron chi connectivity index (χ1n) is 12.0. The van der Waals surface area contributed by atoms with Gasteiger partial charge >= 0.3 is 0 Å². The maximum Gasteiger partial charge on any atom is 0.151 e. The molecule has 0 aliphatic carbocycles. The van der Waals surface area contributed by atoms with E-state index >= 15 is 0 Å². The number of benzene rings is 3. The molecule has 0 amide bonds. The predicted octanol–water partition coefficient (Wildman–Crippen LogP) is 4.38. The first-order valence-corrected chi connectivity index (χ1v) is 12.0. The number of aliphatic hydroxyl groups is 1. The van der Waals surface area contributed by atoms with E-state index in [0.717, 1.165) is 42.4 Å². The standard InChI is InChI=1S/C29H33NO4/c31-20-27(34-22-25-15-8-3-9-16-25)29(32)28-26(33-21-24-13-6-2-7-14-24)17-10-18-30(28)19-23-11-4-1-5-12-23/h1-9,11-16,20,26-29,32H,10,17-19,21-22H2/t26-,27-,28-,29-/m0/s1. The van der Waals surface area contributed by atoms with Crippen LogP contribution >= 0.6 is 0 Å². The molecular formula is C29H33NO4. The summed E-state index contributed by atoms with van der Waals surface area (Å²) in [6.45, 7) is 2.23. The highest BCUT2D eigenvalue weighted by molar-refractivity contribution is 5.57. The first-order chi connectivity index (χ1) is 16.7. The van der Waals surface area contributed by atoms with Gasteiger partial charge in [0.15, 0.2) is 6.29 Å². The molecule has 0 radical (unpaired) electrons. The molecule has 1 aliphatic rings. The number of piperidine rings is 1. The minimum absolute atomic E-state index is 0.213. The minimum Gasteiger partial charge on any atom is -0.388 e. The van der Waals surface area contributed by atoms with E-state index in [2.05, 4.69) is 17.0 Å². The van der Waals surface area contributed by atoms with E-state index in [1.807, 2.05) is 78.9 Å². The number of aldehydes is 1. The Morgan fingerprint density at radius 2 is 1.41 bits per heavy atom. The third-order valence-corrected chi connectivity index (χ3v) is 6.38. The molecule has 4 atom stereocenters. The number of hydrogen-bond donors (Lipinski definition) is 1. The summed E-state index contributed by atoms with van der Waals surface area (Å²) in [6, 6.07) is 29.6. The van der Waals surface area contributed by atoms with Gasteiger partial charge in [-0.2, -0.15) is 0 Å². The number of carbonyl (C=O) groups excluding carboxylic acids is 1. The molecule has 1 N–H and O–H groups in total. The molecule has 5 heteroatoms. The summed E-state index contributed by atoms with van der Waals surface area (Å²) < 4.78 is 12.3. The van der Waals surface area contributed by atoms with E-state index in [0.29, 0.717) is 13.2 Å². The molecule has 0 aromatic heterocycles. The van der Waals surface area contributed by atoms with Crippen LogP contribution in [0.5, 0.6) is 0 Å². The van der Waals surface area contributed by atoms with Crippen molar-refractivity contribution in [2.75, 3.05) is 6.54 Å². The summed E-state index contributed by atoms with van der Waals surface area (Å²) in [7, 11) is 0. The quantitative estimate of drug-likeness (QED) is 0.431. The number of ether oxygens (including phenoxy) is 2. The largest absolute Gasteiger partial charge is 0.388 e. The number of nitrogens with zero attached hydrogens (tertiary/aromatic N) is 1. The Bertz CT molecular complexity index is 983. The minimum atomic E-state index is -1.01. The van der Waals surface area contributed by atoms with Crippen molar-refractivity contribution in [2.45, 2.75) is 57.0 Å². The van der Waals surface area contributed by atoms with Crippen LogP contribution < -0.4 is 0 Å². The van der Waals surface area contributed by atoms with Crippen molar-refractivity contribution >= 4 is 6.29 Å². The van der Waals surface area contributed by atoms with Crippen LogP contribution in [0.3, 0.4) is 0 Å². The number of hydrogen-bond acceptors (Lipinski definition) is 5. The lowest BCUT2D eigenvalue weighted by molar-refractivity contribution is -0.149. The molecule has 3 aromatic rings. The zero-order chi connectivity index (χ0) is 23.6. The van der Waals surface area contributed by atoms with E-state index in [1.54, 1.807) is 0 Å². The van der Waals surface area contributed by atoms with Crippen LogP contribution in [0.15, 0.2) is 91.0 Å². The third-order valence-electron chi connectivity index (χ3n) is 6.38. The second-order valence-corrected chi connectivity index (χ2v) is 8.81. The van der Waals surface area contributed by atoms with Gasteiger partial charge in [0, 0.05) is 6.54 Å². The Hall–Kier alpha value is -2.83. The second-order valence-electron chi connectivity index (χ2n) is 8.81. The lowest BCUT2D eigenvalue weighted by atomic mass is 9.91. The molecule has 1 aliphatic heterocycles. The summed E-state index contributed by atoms with van der Waals surface area (Å²) in [6.07, 6.45) is 0.346. The van der Waals surface area contributed by atoms with Gasteiger partial charge in [-0.3, -0.25) is 4.90 Å². The molecule has 178 valence electrons. The highest BCUT2D eigenvalue weighted by atomic mass is 16.5. The fourth-order valence-electron chi connectivity index (χ4n) is 4.63. The number of aliphatic hydroxyl groups excluding tert-OH is 1. The first kappa shape index (κ1) is 24.3. The van der Waals surface area contributed by atoms with E-state index in [-0.39, 0.29) is 18.8 Å². The summed E-state index contributed by atoms with van der Waals surface area (Å²) in [4.78, 5) is 14.3. The smallest absolute Gasteiger partial charge is 0.151 e. The molecule has 0 unspecified atom stereocenters. The van der Waals surface area contributed by atoms with Crippen molar-refractivity contribution in [3.05, 3.63) is 108 Å². The van der Waals surface area contributed by atoms with E-state index in [9.17, 15) is 9.90 Å². The average Bonchev–Trinajstić information content (AvgIpc) is 2.89. The Balaban J connectivity index is 1.51. The Morgan fingerprint density at radius 3 is 2.00 bits per heavy atom. The lowest BCUT2D eigenvalue weighted by Gasteiger charge is -2.44. The van der Waals surface area contributed by atoms with E-state index in [1.165, 1.54) is 0 Å². The monoisotopic (exact) mass is 459 g/mol. The van der Waals surface area contributed by atoms with Gasteiger partial charge in [-0.25, -0.2) is 0 Å². The summed E-state index contributed by atoms with van der Waals surface area (Å²) >= 11 is 0. The molecule has 1 saturated heterocycles. The zero-order valence-corrected chi connectivity index (χ0v) is 19.4. The maximum atomic E-state index is 12.0. The van der Waals surface area contributed by atoms with Gasteiger partial charge in [-0.15, -0.1) is 0 Å². The van der Waals surface area contributed by atoms with Crippen LogP contribution in [0.2, 0.25) is 0 Å². The molecule has 34 heavy (non-hydrogen) atoms. The number of carbonyl (C=O) groups is 1. The highest BCUT2D eigenvalue weighted by Crippen LogP contribution is 2.28. The Kier molecular flexibility index (Phi) is 8.99. The van der Waals surface area contributed by atoms with Crippen molar-refractivity contribution < 1.29 is 19.4 Å². The molecule has 0 saturated carbocycles. The van der Waals surface area contributed by atoms with Gasteiger partial charge in [0.05, 0.1) is 25.4 Å². The normalized spacial score (nSPS) is 20.5. The number of likely N-dealkylation sites (tertiary alicyclic amines) is 1. The van der Waals surface area contributed by atoms with Gasteiger partial charge in [0.25, 0.3) is 0 Å². The van der Waals surface area contributed by atoms with Gasteiger partial charge in [0.1, 0.15) is 12.2 Å². The maximum absolute atomic E-state index is 12.0. The fraction of sp³-hybridized carbons (Fsp3) is 0.345. The van der Waals surface area contributed by atoms with Crippen LogP contribution in [0.4, 0.5) is 0 Å². The van der Waals surface area contributed by atoms with Gasteiger partial charge in [0.2, 0.25) is 0 Å². The van der Waals surface area contributed by atoms with Crippen LogP contribution in [-0.2, 0) is 34.0 Å². The van der Waals surface area contributed by atoms with Gasteiger partial charge < -0.3 is 19.4 Å². The summed E-state index contributed by atoms with van der Waals surface area (Å²) in [5, 5.41) is 11.4. The van der Waals surface area contributed by atoms with Crippen molar-refractivity contribution in [3.8, 4) is 0 Å². The second kappa shape index (κ2) is 12.6. The van der Waals surface area contributed by atoms with Crippen LogP contribution in [0, 0.1) is 0 Å². The average molecular weight is 460 g/mol. The summed E-state index contributed by atoms with van der Waals surface area (Å²) in [5.74, 6) is 0. The van der Waals surface area contributed by atoms with Crippen molar-refractivity contribution in [1.29, 1.82) is 0 Å². The molecule has 5 nitrogen and oxygen atoms in total. The zero-order valence-electron chi connectivity index (χ0n) is 19.4. The van der Waals surface area contributed by atoms with Crippen LogP contribution in [0.1, 0.15) is 29.5 Å². The molecule has 4 rings (SSSR count). The van der Waals surface area contributed by atoms with E-state index in [4.69, 9.17) is 9.47 Å². The number of rotatable bonds is 11. The Morgan fingerprint density at radius 1 is 0.853 bits per heavy atom.